The van der Waals surface area contributed by atoms with Crippen molar-refractivity contribution in [3.63, 3.8) is 0 Å². The Morgan fingerprint density at radius 1 is 1.16 bits per heavy atom. The third kappa shape index (κ3) is 6.60. The second-order valence-electron chi connectivity index (χ2n) is 4.71. The SMILES string of the molecule is CCCC(C)OCCOc1ccccc1CNCC. The van der Waals surface area contributed by atoms with E-state index in [0.717, 1.165) is 31.7 Å². The van der Waals surface area contributed by atoms with E-state index in [9.17, 15) is 0 Å². The predicted octanol–water partition coefficient (Wildman–Crippen LogP) is 3.38. The Bertz CT molecular complexity index is 341. The molecule has 0 fully saturated rings. The van der Waals surface area contributed by atoms with E-state index in [4.69, 9.17) is 9.47 Å². The quantitative estimate of drug-likeness (QED) is 0.658. The number of nitrogens with one attached hydrogen (secondary N) is 1. The normalized spacial score (nSPS) is 12.4. The minimum atomic E-state index is 0.325. The molecular weight excluding hydrogens is 238 g/mol. The highest BCUT2D eigenvalue weighted by atomic mass is 16.5. The van der Waals surface area contributed by atoms with Crippen LogP contribution in [0.15, 0.2) is 24.3 Å². The molecule has 0 bridgehead atoms. The summed E-state index contributed by atoms with van der Waals surface area (Å²) in [5, 5.41) is 3.32. The maximum Gasteiger partial charge on any atom is 0.123 e. The zero-order valence-electron chi connectivity index (χ0n) is 12.4. The van der Waals surface area contributed by atoms with Gasteiger partial charge in [0.1, 0.15) is 12.4 Å². The summed E-state index contributed by atoms with van der Waals surface area (Å²) < 4.78 is 11.5. The number of ether oxygens (including phenoxy) is 2. The average Bonchev–Trinajstić information content (AvgIpc) is 2.42. The molecule has 1 aromatic carbocycles. The smallest absolute Gasteiger partial charge is 0.123 e. The predicted molar refractivity (Wildman–Crippen MR) is 79.6 cm³/mol. The van der Waals surface area contributed by atoms with Gasteiger partial charge in [0.15, 0.2) is 0 Å². The third-order valence-electron chi connectivity index (χ3n) is 2.98. The molecule has 0 spiro atoms. The maximum atomic E-state index is 5.80. The minimum Gasteiger partial charge on any atom is -0.491 e. The van der Waals surface area contributed by atoms with Crippen molar-refractivity contribution < 1.29 is 9.47 Å². The minimum absolute atomic E-state index is 0.325. The van der Waals surface area contributed by atoms with E-state index >= 15 is 0 Å². The van der Waals surface area contributed by atoms with Crippen molar-refractivity contribution in [2.24, 2.45) is 0 Å². The van der Waals surface area contributed by atoms with E-state index < -0.39 is 0 Å². The largest absolute Gasteiger partial charge is 0.491 e. The van der Waals surface area contributed by atoms with Crippen LogP contribution in [0, 0.1) is 0 Å². The van der Waals surface area contributed by atoms with Crippen molar-refractivity contribution in [2.75, 3.05) is 19.8 Å². The Labute approximate surface area is 117 Å². The fraction of sp³-hybridized carbons (Fsp3) is 0.625. The van der Waals surface area contributed by atoms with E-state index in [1.165, 1.54) is 5.56 Å². The molecule has 3 nitrogen and oxygen atoms in total. The van der Waals surface area contributed by atoms with Crippen LogP contribution in [0.2, 0.25) is 0 Å². The Hall–Kier alpha value is -1.06. The first-order valence-electron chi connectivity index (χ1n) is 7.30. The van der Waals surface area contributed by atoms with Gasteiger partial charge in [-0.05, 0) is 26.0 Å². The van der Waals surface area contributed by atoms with E-state index in [0.29, 0.717) is 19.3 Å². The molecule has 19 heavy (non-hydrogen) atoms. The molecule has 0 radical (unpaired) electrons. The molecule has 0 saturated carbocycles. The van der Waals surface area contributed by atoms with Gasteiger partial charge in [-0.2, -0.15) is 0 Å². The molecule has 1 aromatic rings. The van der Waals surface area contributed by atoms with Crippen molar-refractivity contribution in [1.29, 1.82) is 0 Å². The summed E-state index contributed by atoms with van der Waals surface area (Å²) in [4.78, 5) is 0. The average molecular weight is 265 g/mol. The highest BCUT2D eigenvalue weighted by Crippen LogP contribution is 2.17. The Morgan fingerprint density at radius 3 is 2.68 bits per heavy atom. The number of hydrogen-bond acceptors (Lipinski definition) is 3. The molecule has 1 N–H and O–H groups in total. The Kier molecular flexibility index (Phi) is 8.26. The van der Waals surface area contributed by atoms with Crippen LogP contribution in [-0.2, 0) is 11.3 Å². The summed E-state index contributed by atoms with van der Waals surface area (Å²) >= 11 is 0. The van der Waals surface area contributed by atoms with E-state index in [2.05, 4.69) is 32.2 Å². The molecule has 108 valence electrons. The molecule has 0 amide bonds. The fourth-order valence-electron chi connectivity index (χ4n) is 1.94. The van der Waals surface area contributed by atoms with Crippen LogP contribution in [0.4, 0.5) is 0 Å². The number of rotatable bonds is 10. The van der Waals surface area contributed by atoms with Gasteiger partial charge in [-0.3, -0.25) is 0 Å². The standard InChI is InChI=1S/C16H27NO2/c1-4-8-14(3)18-11-12-19-16-10-7-6-9-15(16)13-17-5-2/h6-7,9-10,14,17H,4-5,8,11-13H2,1-3H3. The molecular formula is C16H27NO2. The van der Waals surface area contributed by atoms with Crippen molar-refractivity contribution in [1.82, 2.24) is 5.32 Å². The molecule has 0 heterocycles. The highest BCUT2D eigenvalue weighted by Gasteiger charge is 2.03. The van der Waals surface area contributed by atoms with Gasteiger partial charge in [0.25, 0.3) is 0 Å². The fourth-order valence-corrected chi connectivity index (χ4v) is 1.94. The summed E-state index contributed by atoms with van der Waals surface area (Å²) in [7, 11) is 0. The van der Waals surface area contributed by atoms with Crippen molar-refractivity contribution in [2.45, 2.75) is 46.3 Å². The van der Waals surface area contributed by atoms with Gasteiger partial charge in [-0.25, -0.2) is 0 Å². The highest BCUT2D eigenvalue weighted by molar-refractivity contribution is 5.33. The van der Waals surface area contributed by atoms with Crippen molar-refractivity contribution in [3.8, 4) is 5.75 Å². The van der Waals surface area contributed by atoms with Gasteiger partial charge in [0.2, 0.25) is 0 Å². The van der Waals surface area contributed by atoms with Crippen LogP contribution in [0.3, 0.4) is 0 Å². The summed E-state index contributed by atoms with van der Waals surface area (Å²) in [5.41, 5.74) is 1.20. The monoisotopic (exact) mass is 265 g/mol. The van der Waals surface area contributed by atoms with E-state index in [1.807, 2.05) is 18.2 Å². The van der Waals surface area contributed by atoms with Gasteiger partial charge < -0.3 is 14.8 Å². The molecule has 0 aliphatic heterocycles. The van der Waals surface area contributed by atoms with Crippen LogP contribution in [-0.4, -0.2) is 25.9 Å². The van der Waals surface area contributed by atoms with E-state index in [1.54, 1.807) is 0 Å². The van der Waals surface area contributed by atoms with Crippen molar-refractivity contribution in [3.05, 3.63) is 29.8 Å². The summed E-state index contributed by atoms with van der Waals surface area (Å²) in [5.74, 6) is 0.954. The van der Waals surface area contributed by atoms with Crippen LogP contribution in [0.25, 0.3) is 0 Å². The van der Waals surface area contributed by atoms with Gasteiger partial charge in [-0.1, -0.05) is 38.5 Å². The second-order valence-corrected chi connectivity index (χ2v) is 4.71. The zero-order valence-corrected chi connectivity index (χ0v) is 12.4. The first kappa shape index (κ1) is 16.0. The van der Waals surface area contributed by atoms with Crippen LogP contribution in [0.5, 0.6) is 5.75 Å². The lowest BCUT2D eigenvalue weighted by atomic mass is 10.2. The number of para-hydroxylation sites is 1. The lowest BCUT2D eigenvalue weighted by Gasteiger charge is -2.14. The van der Waals surface area contributed by atoms with Gasteiger partial charge >= 0.3 is 0 Å². The molecule has 0 aromatic heterocycles. The molecule has 1 atom stereocenters. The lowest BCUT2D eigenvalue weighted by molar-refractivity contribution is 0.0393. The Morgan fingerprint density at radius 2 is 1.95 bits per heavy atom. The van der Waals surface area contributed by atoms with Gasteiger partial charge in [-0.15, -0.1) is 0 Å². The van der Waals surface area contributed by atoms with Crippen molar-refractivity contribution >= 4 is 0 Å². The van der Waals surface area contributed by atoms with Gasteiger partial charge in [0.05, 0.1) is 12.7 Å². The lowest BCUT2D eigenvalue weighted by Crippen LogP contribution is -2.16. The second kappa shape index (κ2) is 9.82. The van der Waals surface area contributed by atoms with Gasteiger partial charge in [0, 0.05) is 12.1 Å². The molecule has 3 heteroatoms. The molecule has 1 rings (SSSR count). The summed E-state index contributed by atoms with van der Waals surface area (Å²) in [6, 6.07) is 8.16. The van der Waals surface area contributed by atoms with Crippen LogP contribution >= 0.6 is 0 Å². The summed E-state index contributed by atoms with van der Waals surface area (Å²) in [6.07, 6.45) is 2.59. The first-order chi connectivity index (χ1) is 9.27. The maximum absolute atomic E-state index is 5.80. The van der Waals surface area contributed by atoms with Crippen LogP contribution in [0.1, 0.15) is 39.2 Å². The molecule has 0 aliphatic rings. The molecule has 0 saturated heterocycles. The molecule has 1 unspecified atom stereocenters. The first-order valence-corrected chi connectivity index (χ1v) is 7.30. The van der Waals surface area contributed by atoms with Crippen LogP contribution < -0.4 is 10.1 Å². The zero-order chi connectivity index (χ0) is 13.9. The topological polar surface area (TPSA) is 30.5 Å². The molecule has 0 aliphatic carbocycles. The third-order valence-corrected chi connectivity index (χ3v) is 2.98. The number of benzene rings is 1. The summed E-state index contributed by atoms with van der Waals surface area (Å²) in [6.45, 7) is 9.46. The van der Waals surface area contributed by atoms with E-state index in [-0.39, 0.29) is 0 Å². The Balaban J connectivity index is 2.32. The number of hydrogen-bond donors (Lipinski definition) is 1.